The molecule has 2 heteroatoms. The monoisotopic (exact) mass is 266 g/mol. The number of aliphatic hydroxyl groups is 1. The van der Waals surface area contributed by atoms with E-state index in [1.165, 1.54) is 0 Å². The van der Waals surface area contributed by atoms with Crippen molar-refractivity contribution in [3.05, 3.63) is 33.8 Å². The first-order valence-corrected chi connectivity index (χ1v) is 5.78. The Bertz CT molecular complexity index is 387. The van der Waals surface area contributed by atoms with Crippen molar-refractivity contribution in [2.75, 3.05) is 0 Å². The number of halogens is 1. The molecular formula is C13H15BrO. The maximum atomic E-state index is 9.96. The largest absolute Gasteiger partial charge is 0.388 e. The number of rotatable bonds is 3. The second-order valence-corrected chi connectivity index (χ2v) is 4.29. The molecule has 1 aromatic carbocycles. The van der Waals surface area contributed by atoms with E-state index in [-0.39, 0.29) is 0 Å². The van der Waals surface area contributed by atoms with Gasteiger partial charge in [-0.2, -0.15) is 0 Å². The Hall–Kier alpha value is -0.780. The van der Waals surface area contributed by atoms with Crippen LogP contribution >= 0.6 is 15.9 Å². The van der Waals surface area contributed by atoms with E-state index in [1.807, 2.05) is 32.0 Å². The summed E-state index contributed by atoms with van der Waals surface area (Å²) in [6.07, 6.45) is 1.02. The van der Waals surface area contributed by atoms with Gasteiger partial charge in [-0.25, -0.2) is 0 Å². The summed E-state index contributed by atoms with van der Waals surface area (Å²) in [5, 5.41) is 9.96. The zero-order valence-electron chi connectivity index (χ0n) is 9.05. The van der Waals surface area contributed by atoms with Crippen molar-refractivity contribution in [3.8, 4) is 11.8 Å². The molecule has 0 amide bonds. The molecule has 1 rings (SSSR count). The predicted octanol–water partition coefficient (Wildman–Crippen LogP) is 3.59. The molecule has 0 radical (unpaired) electrons. The van der Waals surface area contributed by atoms with Crippen LogP contribution in [0.5, 0.6) is 0 Å². The molecule has 0 aliphatic rings. The predicted molar refractivity (Wildman–Crippen MR) is 66.5 cm³/mol. The van der Waals surface area contributed by atoms with E-state index in [4.69, 9.17) is 0 Å². The molecule has 0 fully saturated rings. The SMILES string of the molecule is CC#CCCC(O)c1cccc(Br)c1C. The number of benzene rings is 1. The summed E-state index contributed by atoms with van der Waals surface area (Å²) in [5.41, 5.74) is 2.09. The first-order valence-electron chi connectivity index (χ1n) is 4.99. The molecule has 0 saturated heterocycles. The van der Waals surface area contributed by atoms with Gasteiger partial charge >= 0.3 is 0 Å². The van der Waals surface area contributed by atoms with Crippen LogP contribution in [0, 0.1) is 18.8 Å². The van der Waals surface area contributed by atoms with Gasteiger partial charge in [0.25, 0.3) is 0 Å². The van der Waals surface area contributed by atoms with Gasteiger partial charge < -0.3 is 5.11 Å². The van der Waals surface area contributed by atoms with E-state index in [2.05, 4.69) is 27.8 Å². The number of hydrogen-bond acceptors (Lipinski definition) is 1. The Morgan fingerprint density at radius 1 is 1.47 bits per heavy atom. The van der Waals surface area contributed by atoms with Crippen LogP contribution in [0.2, 0.25) is 0 Å². The number of hydrogen-bond donors (Lipinski definition) is 1. The highest BCUT2D eigenvalue weighted by molar-refractivity contribution is 9.10. The maximum absolute atomic E-state index is 9.96. The quantitative estimate of drug-likeness (QED) is 0.830. The molecule has 80 valence electrons. The summed E-state index contributed by atoms with van der Waals surface area (Å²) in [7, 11) is 0. The minimum atomic E-state index is -0.414. The lowest BCUT2D eigenvalue weighted by Crippen LogP contribution is -2.00. The van der Waals surface area contributed by atoms with Crippen LogP contribution in [0.15, 0.2) is 22.7 Å². The minimum absolute atomic E-state index is 0.414. The van der Waals surface area contributed by atoms with Crippen LogP contribution in [-0.2, 0) is 0 Å². The molecule has 0 aliphatic carbocycles. The zero-order chi connectivity index (χ0) is 11.3. The summed E-state index contributed by atoms with van der Waals surface area (Å²) in [4.78, 5) is 0. The molecule has 1 atom stereocenters. The smallest absolute Gasteiger partial charge is 0.0802 e. The van der Waals surface area contributed by atoms with Crippen LogP contribution in [0.4, 0.5) is 0 Å². The van der Waals surface area contributed by atoms with Crippen LogP contribution in [-0.4, -0.2) is 5.11 Å². The molecule has 0 bridgehead atoms. The van der Waals surface area contributed by atoms with E-state index in [0.29, 0.717) is 6.42 Å². The van der Waals surface area contributed by atoms with Crippen LogP contribution in [0.3, 0.4) is 0 Å². The normalized spacial score (nSPS) is 11.7. The Balaban J connectivity index is 2.76. The summed E-state index contributed by atoms with van der Waals surface area (Å²) < 4.78 is 1.04. The zero-order valence-corrected chi connectivity index (χ0v) is 10.6. The summed E-state index contributed by atoms with van der Waals surface area (Å²) in [6, 6.07) is 5.89. The molecule has 0 aromatic heterocycles. The maximum Gasteiger partial charge on any atom is 0.0802 e. The van der Waals surface area contributed by atoms with E-state index < -0.39 is 6.10 Å². The van der Waals surface area contributed by atoms with Gasteiger partial charge in [-0.3, -0.25) is 0 Å². The van der Waals surface area contributed by atoms with E-state index in [1.54, 1.807) is 0 Å². The van der Waals surface area contributed by atoms with E-state index >= 15 is 0 Å². The van der Waals surface area contributed by atoms with E-state index in [0.717, 1.165) is 22.0 Å². The minimum Gasteiger partial charge on any atom is -0.388 e. The molecule has 0 aliphatic heterocycles. The lowest BCUT2D eigenvalue weighted by Gasteiger charge is -2.13. The van der Waals surface area contributed by atoms with Gasteiger partial charge in [0.1, 0.15) is 0 Å². The van der Waals surface area contributed by atoms with Crippen molar-refractivity contribution in [3.63, 3.8) is 0 Å². The molecule has 1 nitrogen and oxygen atoms in total. The molecule has 15 heavy (non-hydrogen) atoms. The van der Waals surface area contributed by atoms with Crippen molar-refractivity contribution < 1.29 is 5.11 Å². The third kappa shape index (κ3) is 3.37. The highest BCUT2D eigenvalue weighted by Gasteiger charge is 2.10. The third-order valence-corrected chi connectivity index (χ3v) is 3.25. The average Bonchev–Trinajstić information content (AvgIpc) is 2.22. The fraction of sp³-hybridized carbons (Fsp3) is 0.385. The Kier molecular flexibility index (Phi) is 4.87. The van der Waals surface area contributed by atoms with Crippen molar-refractivity contribution in [2.45, 2.75) is 32.8 Å². The van der Waals surface area contributed by atoms with Gasteiger partial charge in [0.15, 0.2) is 0 Å². The van der Waals surface area contributed by atoms with Crippen molar-refractivity contribution in [2.24, 2.45) is 0 Å². The molecular weight excluding hydrogens is 252 g/mol. The van der Waals surface area contributed by atoms with Gasteiger partial charge in [0.2, 0.25) is 0 Å². The molecule has 1 N–H and O–H groups in total. The van der Waals surface area contributed by atoms with Gasteiger partial charge in [0.05, 0.1) is 6.10 Å². The Morgan fingerprint density at radius 2 is 2.20 bits per heavy atom. The van der Waals surface area contributed by atoms with Gasteiger partial charge in [-0.1, -0.05) is 28.1 Å². The fourth-order valence-electron chi connectivity index (χ4n) is 1.47. The second-order valence-electron chi connectivity index (χ2n) is 3.44. The topological polar surface area (TPSA) is 20.2 Å². The second kappa shape index (κ2) is 5.95. The molecule has 0 spiro atoms. The highest BCUT2D eigenvalue weighted by atomic mass is 79.9. The van der Waals surface area contributed by atoms with Crippen LogP contribution < -0.4 is 0 Å². The lowest BCUT2D eigenvalue weighted by molar-refractivity contribution is 0.168. The summed E-state index contributed by atoms with van der Waals surface area (Å²) in [6.45, 7) is 3.82. The van der Waals surface area contributed by atoms with Gasteiger partial charge in [-0.15, -0.1) is 11.8 Å². The molecule has 0 saturated carbocycles. The Labute approximate surface area is 99.6 Å². The van der Waals surface area contributed by atoms with Crippen molar-refractivity contribution >= 4 is 15.9 Å². The third-order valence-electron chi connectivity index (χ3n) is 2.39. The molecule has 0 heterocycles. The fourth-order valence-corrected chi connectivity index (χ4v) is 1.86. The lowest BCUT2D eigenvalue weighted by atomic mass is 10.0. The number of aliphatic hydroxyl groups excluding tert-OH is 1. The first-order chi connectivity index (χ1) is 7.16. The van der Waals surface area contributed by atoms with Crippen LogP contribution in [0.1, 0.15) is 37.0 Å². The summed E-state index contributed by atoms with van der Waals surface area (Å²) in [5.74, 6) is 5.79. The average molecular weight is 267 g/mol. The standard InChI is InChI=1S/C13H15BrO/c1-3-4-5-9-13(15)11-7-6-8-12(14)10(11)2/h6-8,13,15H,5,9H2,1-2H3. The molecule has 1 aromatic rings. The highest BCUT2D eigenvalue weighted by Crippen LogP contribution is 2.26. The van der Waals surface area contributed by atoms with Gasteiger partial charge in [-0.05, 0) is 37.5 Å². The van der Waals surface area contributed by atoms with Crippen LogP contribution in [0.25, 0.3) is 0 Å². The summed E-state index contributed by atoms with van der Waals surface area (Å²) >= 11 is 3.46. The van der Waals surface area contributed by atoms with Gasteiger partial charge in [0, 0.05) is 10.9 Å². The Morgan fingerprint density at radius 3 is 2.87 bits per heavy atom. The van der Waals surface area contributed by atoms with E-state index in [9.17, 15) is 5.11 Å². The van der Waals surface area contributed by atoms with Crippen molar-refractivity contribution in [1.82, 2.24) is 0 Å². The first kappa shape index (κ1) is 12.3. The molecule has 1 unspecified atom stereocenters. The van der Waals surface area contributed by atoms with Crippen molar-refractivity contribution in [1.29, 1.82) is 0 Å².